The number of hydrogen-bond acceptors (Lipinski definition) is 2. The molecule has 0 saturated carbocycles. The van der Waals surface area contributed by atoms with Gasteiger partial charge >= 0.3 is 0 Å². The summed E-state index contributed by atoms with van der Waals surface area (Å²) in [7, 11) is 0. The minimum Gasteiger partial charge on any atom is -0.387 e. The van der Waals surface area contributed by atoms with E-state index in [-0.39, 0.29) is 6.42 Å². The Bertz CT molecular complexity index is 481. The number of rotatable bonds is 2. The molecule has 1 heterocycles. The molecule has 0 spiro atoms. The van der Waals surface area contributed by atoms with Crippen LogP contribution in [-0.4, -0.2) is 10.1 Å². The first-order chi connectivity index (χ1) is 6.83. The van der Waals surface area contributed by atoms with E-state index in [1.807, 2.05) is 36.5 Å². The average Bonchev–Trinajstić information content (AvgIpc) is 2.65. The largest absolute Gasteiger partial charge is 0.387 e. The van der Waals surface area contributed by atoms with Crippen LogP contribution in [0.1, 0.15) is 18.1 Å². The van der Waals surface area contributed by atoms with Gasteiger partial charge in [0.2, 0.25) is 0 Å². The van der Waals surface area contributed by atoms with E-state index in [1.165, 1.54) is 0 Å². The molecule has 1 unspecified atom stereocenters. The second-order valence-electron chi connectivity index (χ2n) is 3.17. The molecule has 2 rings (SSSR count). The Labute approximate surface area is 81.6 Å². The lowest BCUT2D eigenvalue weighted by molar-refractivity contribution is 0.185. The molecule has 2 N–H and O–H groups in total. The van der Waals surface area contributed by atoms with Gasteiger partial charge in [-0.15, -0.1) is 0 Å². The third-order valence-corrected chi connectivity index (χ3v) is 2.26. The fraction of sp³-hybridized carbons (Fsp3) is 0.182. The van der Waals surface area contributed by atoms with Crippen molar-refractivity contribution in [2.24, 2.45) is 0 Å². The summed E-state index contributed by atoms with van der Waals surface area (Å²) in [6.45, 7) is 0. The fourth-order valence-corrected chi connectivity index (χ4v) is 1.58. The Morgan fingerprint density at radius 2 is 2.29 bits per heavy atom. The van der Waals surface area contributed by atoms with Crippen molar-refractivity contribution in [2.75, 3.05) is 0 Å². The number of benzene rings is 1. The Morgan fingerprint density at radius 3 is 3.07 bits per heavy atom. The van der Waals surface area contributed by atoms with E-state index < -0.39 is 6.10 Å². The minimum atomic E-state index is -0.706. The van der Waals surface area contributed by atoms with Gasteiger partial charge in [0.1, 0.15) is 0 Å². The molecular weight excluding hydrogens is 176 g/mol. The predicted octanol–water partition coefficient (Wildman–Crippen LogP) is 2.11. The van der Waals surface area contributed by atoms with Crippen molar-refractivity contribution in [3.8, 4) is 6.07 Å². The maximum absolute atomic E-state index is 9.69. The lowest BCUT2D eigenvalue weighted by Crippen LogP contribution is -1.96. The van der Waals surface area contributed by atoms with Gasteiger partial charge in [0, 0.05) is 11.8 Å². The zero-order chi connectivity index (χ0) is 9.97. The number of nitriles is 1. The van der Waals surface area contributed by atoms with Gasteiger partial charge in [-0.05, 0) is 11.5 Å². The number of nitrogens with zero attached hydrogens (tertiary/aromatic N) is 1. The third-order valence-electron chi connectivity index (χ3n) is 2.26. The van der Waals surface area contributed by atoms with Crippen LogP contribution in [0.15, 0.2) is 30.5 Å². The SMILES string of the molecule is N#CCC(O)c1cccc2cc[nH]c12. The van der Waals surface area contributed by atoms with Gasteiger partial charge in [0.15, 0.2) is 0 Å². The number of aromatic nitrogens is 1. The van der Waals surface area contributed by atoms with Crippen LogP contribution < -0.4 is 0 Å². The Kier molecular flexibility index (Phi) is 2.21. The molecule has 1 atom stereocenters. The zero-order valence-corrected chi connectivity index (χ0v) is 7.57. The topological polar surface area (TPSA) is 59.8 Å². The molecule has 0 aliphatic heterocycles. The molecule has 1 aromatic carbocycles. The summed E-state index contributed by atoms with van der Waals surface area (Å²) in [6.07, 6.45) is 1.24. The van der Waals surface area contributed by atoms with Gasteiger partial charge in [-0.25, -0.2) is 0 Å². The van der Waals surface area contributed by atoms with E-state index in [2.05, 4.69) is 4.98 Å². The fourth-order valence-electron chi connectivity index (χ4n) is 1.58. The van der Waals surface area contributed by atoms with Crippen LogP contribution in [0, 0.1) is 11.3 Å². The van der Waals surface area contributed by atoms with Crippen LogP contribution in [0.3, 0.4) is 0 Å². The number of aliphatic hydroxyl groups excluding tert-OH is 1. The maximum atomic E-state index is 9.69. The van der Waals surface area contributed by atoms with E-state index in [0.717, 1.165) is 16.5 Å². The predicted molar refractivity (Wildman–Crippen MR) is 53.5 cm³/mol. The van der Waals surface area contributed by atoms with Crippen molar-refractivity contribution in [1.29, 1.82) is 5.26 Å². The van der Waals surface area contributed by atoms with Crippen molar-refractivity contribution in [3.05, 3.63) is 36.0 Å². The second kappa shape index (κ2) is 3.52. The molecule has 0 aliphatic rings. The van der Waals surface area contributed by atoms with Crippen molar-refractivity contribution in [3.63, 3.8) is 0 Å². The van der Waals surface area contributed by atoms with Crippen LogP contribution in [-0.2, 0) is 0 Å². The van der Waals surface area contributed by atoms with Gasteiger partial charge in [0.25, 0.3) is 0 Å². The van der Waals surface area contributed by atoms with Gasteiger partial charge in [-0.1, -0.05) is 18.2 Å². The van der Waals surface area contributed by atoms with E-state index in [1.54, 1.807) is 0 Å². The van der Waals surface area contributed by atoms with Gasteiger partial charge in [-0.2, -0.15) is 5.26 Å². The monoisotopic (exact) mass is 186 g/mol. The van der Waals surface area contributed by atoms with Crippen LogP contribution in [0.25, 0.3) is 10.9 Å². The summed E-state index contributed by atoms with van der Waals surface area (Å²) in [5, 5.41) is 19.2. The molecule has 3 nitrogen and oxygen atoms in total. The molecule has 0 radical (unpaired) electrons. The number of aliphatic hydroxyl groups is 1. The van der Waals surface area contributed by atoms with Gasteiger partial charge < -0.3 is 10.1 Å². The van der Waals surface area contributed by atoms with Gasteiger partial charge in [0.05, 0.1) is 24.1 Å². The quantitative estimate of drug-likeness (QED) is 0.754. The highest BCUT2D eigenvalue weighted by atomic mass is 16.3. The number of nitrogens with one attached hydrogen (secondary N) is 1. The molecule has 0 saturated heterocycles. The molecule has 1 aromatic heterocycles. The highest BCUT2D eigenvalue weighted by molar-refractivity contribution is 5.82. The minimum absolute atomic E-state index is 0.123. The van der Waals surface area contributed by atoms with E-state index in [9.17, 15) is 5.11 Å². The number of H-pyrrole nitrogens is 1. The summed E-state index contributed by atoms with van der Waals surface area (Å²) in [4.78, 5) is 3.06. The first-order valence-electron chi connectivity index (χ1n) is 4.44. The van der Waals surface area contributed by atoms with E-state index >= 15 is 0 Å². The van der Waals surface area contributed by atoms with Gasteiger partial charge in [-0.3, -0.25) is 0 Å². The number of para-hydroxylation sites is 1. The van der Waals surface area contributed by atoms with E-state index in [4.69, 9.17) is 5.26 Å². The number of aromatic amines is 1. The Morgan fingerprint density at radius 1 is 1.43 bits per heavy atom. The summed E-state index contributed by atoms with van der Waals surface area (Å²) < 4.78 is 0. The lowest BCUT2D eigenvalue weighted by Gasteiger charge is -2.07. The number of fused-ring (bicyclic) bond motifs is 1. The van der Waals surface area contributed by atoms with Crippen LogP contribution >= 0.6 is 0 Å². The molecule has 0 fully saturated rings. The van der Waals surface area contributed by atoms with Crippen molar-refractivity contribution in [1.82, 2.24) is 4.98 Å². The first kappa shape index (κ1) is 8.79. The maximum Gasteiger partial charge on any atom is 0.0940 e. The highest BCUT2D eigenvalue weighted by Gasteiger charge is 2.10. The molecule has 0 bridgehead atoms. The Hall–Kier alpha value is -1.79. The summed E-state index contributed by atoms with van der Waals surface area (Å²) in [5.74, 6) is 0. The summed E-state index contributed by atoms with van der Waals surface area (Å²) in [6, 6.07) is 9.58. The zero-order valence-electron chi connectivity index (χ0n) is 7.57. The molecule has 14 heavy (non-hydrogen) atoms. The normalized spacial score (nSPS) is 12.6. The summed E-state index contributed by atoms with van der Waals surface area (Å²) >= 11 is 0. The standard InChI is InChI=1S/C11H10N2O/c12-6-4-10(14)9-3-1-2-8-5-7-13-11(8)9/h1-3,5,7,10,13-14H,4H2. The summed E-state index contributed by atoms with van der Waals surface area (Å²) in [5.41, 5.74) is 1.70. The first-order valence-corrected chi connectivity index (χ1v) is 4.44. The van der Waals surface area contributed by atoms with Crippen molar-refractivity contribution in [2.45, 2.75) is 12.5 Å². The number of hydrogen-bond donors (Lipinski definition) is 2. The molecule has 2 aromatic rings. The third kappa shape index (κ3) is 1.36. The molecule has 0 amide bonds. The van der Waals surface area contributed by atoms with Crippen LogP contribution in [0.5, 0.6) is 0 Å². The molecule has 3 heteroatoms. The Balaban J connectivity index is 2.51. The van der Waals surface area contributed by atoms with Crippen molar-refractivity contribution < 1.29 is 5.11 Å². The average molecular weight is 186 g/mol. The van der Waals surface area contributed by atoms with Crippen LogP contribution in [0.2, 0.25) is 0 Å². The van der Waals surface area contributed by atoms with Crippen molar-refractivity contribution >= 4 is 10.9 Å². The lowest BCUT2D eigenvalue weighted by atomic mass is 10.0. The molecular formula is C11H10N2O. The second-order valence-corrected chi connectivity index (χ2v) is 3.17. The van der Waals surface area contributed by atoms with Crippen LogP contribution in [0.4, 0.5) is 0 Å². The molecule has 70 valence electrons. The highest BCUT2D eigenvalue weighted by Crippen LogP contribution is 2.24. The molecule has 0 aliphatic carbocycles. The smallest absolute Gasteiger partial charge is 0.0940 e. The van der Waals surface area contributed by atoms with E-state index in [0.29, 0.717) is 0 Å².